The Morgan fingerprint density at radius 1 is 1.12 bits per heavy atom. The van der Waals surface area contributed by atoms with E-state index in [9.17, 15) is 22.8 Å². The second-order valence-corrected chi connectivity index (χ2v) is 9.40. The van der Waals surface area contributed by atoms with Crippen molar-refractivity contribution in [1.82, 2.24) is 15.1 Å². The van der Waals surface area contributed by atoms with Crippen LogP contribution in [0.3, 0.4) is 0 Å². The first-order valence-electron chi connectivity index (χ1n) is 11.2. The van der Waals surface area contributed by atoms with Gasteiger partial charge < -0.3 is 15.1 Å². The van der Waals surface area contributed by atoms with Gasteiger partial charge >= 0.3 is 12.2 Å². The number of nitrogens with zero attached hydrogens (tertiary/aromatic N) is 2. The minimum Gasteiger partial charge on any atom is -0.340 e. The summed E-state index contributed by atoms with van der Waals surface area (Å²) in [6.07, 6.45) is -3.16. The first kappa shape index (κ1) is 25.9. The summed E-state index contributed by atoms with van der Waals surface area (Å²) < 4.78 is 38.7. The van der Waals surface area contributed by atoms with Gasteiger partial charge in [0.05, 0.1) is 11.6 Å². The third kappa shape index (κ3) is 6.23. The highest BCUT2D eigenvalue weighted by atomic mass is 35.5. The van der Waals surface area contributed by atoms with E-state index in [0.29, 0.717) is 36.5 Å². The number of hydrogen-bond donors (Lipinski definition) is 1. The van der Waals surface area contributed by atoms with Crippen LogP contribution in [0.25, 0.3) is 0 Å². The molecule has 1 N–H and O–H groups in total. The second kappa shape index (κ2) is 10.7. The Balaban J connectivity index is 1.69. The molecule has 9 heteroatoms. The van der Waals surface area contributed by atoms with Crippen LogP contribution >= 0.6 is 11.6 Å². The van der Waals surface area contributed by atoms with Gasteiger partial charge in [0, 0.05) is 25.2 Å². The molecule has 3 amide bonds. The summed E-state index contributed by atoms with van der Waals surface area (Å²) in [5.41, 5.74) is 0.772. The van der Waals surface area contributed by atoms with Crippen LogP contribution in [0.5, 0.6) is 0 Å². The third-order valence-corrected chi connectivity index (χ3v) is 6.30. The average Bonchev–Trinajstić information content (AvgIpc) is 3.27. The maximum Gasteiger partial charge on any atom is 0.416 e. The number of urea groups is 1. The third-order valence-electron chi connectivity index (χ3n) is 6.05. The predicted octanol–water partition coefficient (Wildman–Crippen LogP) is 5.89. The molecule has 0 spiro atoms. The molecule has 1 fully saturated rings. The zero-order valence-electron chi connectivity index (χ0n) is 19.4. The molecule has 0 bridgehead atoms. The highest BCUT2D eigenvalue weighted by Crippen LogP contribution is 2.31. The van der Waals surface area contributed by atoms with Gasteiger partial charge in [0.2, 0.25) is 5.91 Å². The van der Waals surface area contributed by atoms with Crippen LogP contribution in [-0.4, -0.2) is 41.4 Å². The number of amides is 3. The van der Waals surface area contributed by atoms with Crippen molar-refractivity contribution in [3.63, 3.8) is 0 Å². The summed E-state index contributed by atoms with van der Waals surface area (Å²) in [5, 5.41) is 3.55. The van der Waals surface area contributed by atoms with E-state index in [1.54, 1.807) is 24.1 Å². The molecular weight excluding hydrogens is 467 g/mol. The molecule has 1 aliphatic rings. The molecule has 1 aliphatic heterocycles. The Hall–Kier alpha value is -2.74. The Kier molecular flexibility index (Phi) is 8.13. The number of rotatable bonds is 6. The summed E-state index contributed by atoms with van der Waals surface area (Å²) >= 11 is 5.92. The largest absolute Gasteiger partial charge is 0.416 e. The van der Waals surface area contributed by atoms with Crippen LogP contribution in [0, 0.1) is 5.92 Å². The first-order chi connectivity index (χ1) is 16.0. The van der Waals surface area contributed by atoms with Crippen LogP contribution in [0.15, 0.2) is 48.5 Å². The lowest BCUT2D eigenvalue weighted by atomic mass is 9.95. The number of likely N-dealkylation sites (N-methyl/N-ethyl adjacent to an activating group) is 1. The van der Waals surface area contributed by atoms with Crippen molar-refractivity contribution < 1.29 is 22.8 Å². The van der Waals surface area contributed by atoms with Gasteiger partial charge in [-0.3, -0.25) is 4.79 Å². The molecule has 5 nitrogen and oxygen atoms in total. The quantitative estimate of drug-likeness (QED) is 0.543. The van der Waals surface area contributed by atoms with Crippen molar-refractivity contribution in [1.29, 1.82) is 0 Å². The lowest BCUT2D eigenvalue weighted by molar-refractivity contribution is -0.137. The number of carbonyl (C=O) groups excluding carboxylic acids is 2. The van der Waals surface area contributed by atoms with Gasteiger partial charge in [-0.1, -0.05) is 49.7 Å². The van der Waals surface area contributed by atoms with Gasteiger partial charge in [0.25, 0.3) is 0 Å². The number of alkyl halides is 3. The van der Waals surface area contributed by atoms with Gasteiger partial charge in [-0.25, -0.2) is 4.79 Å². The van der Waals surface area contributed by atoms with Crippen LogP contribution in [-0.2, 0) is 17.5 Å². The molecular formula is C25H29ClF3N3O2. The number of halogens is 4. The van der Waals surface area contributed by atoms with Crippen LogP contribution in [0.2, 0.25) is 5.02 Å². The molecule has 0 saturated carbocycles. The van der Waals surface area contributed by atoms with Crippen molar-refractivity contribution in [3.05, 3.63) is 70.2 Å². The fourth-order valence-electron chi connectivity index (χ4n) is 4.19. The van der Waals surface area contributed by atoms with Crippen molar-refractivity contribution >= 4 is 23.5 Å². The van der Waals surface area contributed by atoms with E-state index < -0.39 is 29.9 Å². The zero-order valence-corrected chi connectivity index (χ0v) is 20.2. The Labute approximate surface area is 202 Å². The molecule has 184 valence electrons. The average molecular weight is 496 g/mol. The molecule has 0 aromatic heterocycles. The smallest absolute Gasteiger partial charge is 0.340 e. The Morgan fingerprint density at radius 2 is 1.74 bits per heavy atom. The summed E-state index contributed by atoms with van der Waals surface area (Å²) in [6.45, 7) is 4.60. The highest BCUT2D eigenvalue weighted by Gasteiger charge is 2.37. The molecule has 1 heterocycles. The van der Waals surface area contributed by atoms with Crippen molar-refractivity contribution in [2.45, 2.75) is 51.5 Å². The summed E-state index contributed by atoms with van der Waals surface area (Å²) in [6, 6.07) is 10.6. The van der Waals surface area contributed by atoms with Crippen LogP contribution in [0.4, 0.5) is 18.0 Å². The molecule has 2 aromatic rings. The maximum absolute atomic E-state index is 13.1. The molecule has 1 saturated heterocycles. The van der Waals surface area contributed by atoms with Gasteiger partial charge in [0.1, 0.15) is 6.04 Å². The number of nitrogens with one attached hydrogen (secondary N) is 1. The number of hydrogen-bond acceptors (Lipinski definition) is 2. The summed E-state index contributed by atoms with van der Waals surface area (Å²) in [7, 11) is 1.70. The summed E-state index contributed by atoms with van der Waals surface area (Å²) in [4.78, 5) is 29.4. The fourth-order valence-corrected chi connectivity index (χ4v) is 4.32. The normalized spacial score (nSPS) is 17.1. The molecule has 0 unspecified atom stereocenters. The molecule has 0 radical (unpaired) electrons. The van der Waals surface area contributed by atoms with E-state index in [1.807, 2.05) is 26.0 Å². The van der Waals surface area contributed by atoms with E-state index in [1.165, 1.54) is 17.0 Å². The van der Waals surface area contributed by atoms with Gasteiger partial charge in [-0.2, -0.15) is 13.2 Å². The first-order valence-corrected chi connectivity index (χ1v) is 11.6. The topological polar surface area (TPSA) is 52.7 Å². The highest BCUT2D eigenvalue weighted by molar-refractivity contribution is 6.30. The SMILES string of the molecule is CC(C)[C@H](NC(=O)N1CCC[C@@H]1C(=O)N(C)Cc1ccc(Cl)cc1)c1ccc(C(F)(F)F)cc1. The van der Waals surface area contributed by atoms with Gasteiger partial charge in [-0.05, 0) is 54.2 Å². The van der Waals surface area contributed by atoms with Crippen molar-refractivity contribution in [2.24, 2.45) is 5.92 Å². The Bertz CT molecular complexity index is 994. The number of benzene rings is 2. The lowest BCUT2D eigenvalue weighted by Gasteiger charge is -2.31. The molecule has 2 aromatic carbocycles. The molecule has 34 heavy (non-hydrogen) atoms. The molecule has 0 aliphatic carbocycles. The lowest BCUT2D eigenvalue weighted by Crippen LogP contribution is -2.50. The van der Waals surface area contributed by atoms with Crippen LogP contribution < -0.4 is 5.32 Å². The molecule has 2 atom stereocenters. The minimum atomic E-state index is -4.42. The van der Waals surface area contributed by atoms with E-state index in [4.69, 9.17) is 11.6 Å². The monoisotopic (exact) mass is 495 g/mol. The fraction of sp³-hybridized carbons (Fsp3) is 0.440. The maximum atomic E-state index is 13.1. The van der Waals surface area contributed by atoms with Gasteiger partial charge in [0.15, 0.2) is 0 Å². The zero-order chi connectivity index (χ0) is 25.0. The Morgan fingerprint density at radius 3 is 2.29 bits per heavy atom. The van der Waals surface area contributed by atoms with E-state index >= 15 is 0 Å². The standard InChI is InChI=1S/C25H29ClF3N3O2/c1-16(2)22(18-8-10-19(11-9-18)25(27,28)29)30-24(34)32-14-4-5-21(32)23(33)31(3)15-17-6-12-20(26)13-7-17/h6-13,16,21-22H,4-5,14-15H2,1-3H3,(H,30,34)/t21-,22+/m1/s1. The van der Waals surface area contributed by atoms with E-state index in [2.05, 4.69) is 5.32 Å². The summed E-state index contributed by atoms with van der Waals surface area (Å²) in [5.74, 6) is -0.219. The van der Waals surface area contributed by atoms with E-state index in [-0.39, 0.29) is 11.8 Å². The van der Waals surface area contributed by atoms with Crippen molar-refractivity contribution in [2.75, 3.05) is 13.6 Å². The second-order valence-electron chi connectivity index (χ2n) is 8.96. The van der Waals surface area contributed by atoms with Gasteiger partial charge in [-0.15, -0.1) is 0 Å². The predicted molar refractivity (Wildman–Crippen MR) is 125 cm³/mol. The van der Waals surface area contributed by atoms with E-state index in [0.717, 1.165) is 17.7 Å². The minimum absolute atomic E-state index is 0.0648. The van der Waals surface area contributed by atoms with Crippen molar-refractivity contribution in [3.8, 4) is 0 Å². The molecule has 3 rings (SSSR count). The number of likely N-dealkylation sites (tertiary alicyclic amines) is 1. The number of carbonyl (C=O) groups is 2. The van der Waals surface area contributed by atoms with Crippen LogP contribution in [0.1, 0.15) is 49.4 Å².